The van der Waals surface area contributed by atoms with Crippen molar-refractivity contribution in [2.75, 3.05) is 12.0 Å². The summed E-state index contributed by atoms with van der Waals surface area (Å²) >= 11 is 1.62. The van der Waals surface area contributed by atoms with E-state index >= 15 is 0 Å². The number of rotatable bonds is 5. The molecule has 3 heterocycles. The largest absolute Gasteiger partial charge is 0.382 e. The molecule has 0 aliphatic carbocycles. The van der Waals surface area contributed by atoms with Crippen LogP contribution in [0.25, 0.3) is 21.9 Å². The summed E-state index contributed by atoms with van der Waals surface area (Å²) in [6.45, 7) is 3.65. The molecule has 0 aliphatic heterocycles. The summed E-state index contributed by atoms with van der Waals surface area (Å²) in [7, 11) is 0. The number of anilines is 1. The second-order valence-corrected chi connectivity index (χ2v) is 8.13. The van der Waals surface area contributed by atoms with Gasteiger partial charge in [-0.3, -0.25) is 4.68 Å². The predicted molar refractivity (Wildman–Crippen MR) is 123 cm³/mol. The first-order valence-corrected chi connectivity index (χ1v) is 11.0. The zero-order chi connectivity index (χ0) is 20.7. The maximum atomic E-state index is 6.26. The van der Waals surface area contributed by atoms with E-state index in [-0.39, 0.29) is 0 Å². The van der Waals surface area contributed by atoms with E-state index in [1.807, 2.05) is 47.6 Å². The van der Waals surface area contributed by atoms with Gasteiger partial charge in [-0.2, -0.15) is 5.10 Å². The van der Waals surface area contributed by atoms with Gasteiger partial charge < -0.3 is 10.3 Å². The van der Waals surface area contributed by atoms with Gasteiger partial charge in [0.2, 0.25) is 0 Å². The number of fused-ring (bicyclic) bond motifs is 3. The highest BCUT2D eigenvalue weighted by Gasteiger charge is 2.17. The van der Waals surface area contributed by atoms with E-state index in [0.29, 0.717) is 5.82 Å². The van der Waals surface area contributed by atoms with Gasteiger partial charge in [0.15, 0.2) is 11.0 Å². The molecule has 0 radical (unpaired) electrons. The number of aromatic nitrogens is 5. The SMILES string of the molecule is CSc1nc2c(N)nc3ccccc3c2n1Cc1ccc(Cn2cccn2)c(C)c1. The topological polar surface area (TPSA) is 74.5 Å². The molecule has 0 atom stereocenters. The van der Waals surface area contributed by atoms with E-state index in [9.17, 15) is 0 Å². The van der Waals surface area contributed by atoms with Crippen molar-refractivity contribution in [2.45, 2.75) is 25.2 Å². The molecule has 2 N–H and O–H groups in total. The predicted octanol–water partition coefficient (Wildman–Crippen LogP) is 4.49. The van der Waals surface area contributed by atoms with Gasteiger partial charge in [0.25, 0.3) is 0 Å². The Balaban J connectivity index is 1.59. The molecular formula is C23H22N6S. The lowest BCUT2D eigenvalue weighted by molar-refractivity contribution is 0.682. The number of imidazole rings is 1. The number of pyridine rings is 1. The number of hydrogen-bond acceptors (Lipinski definition) is 5. The molecule has 0 unspecified atom stereocenters. The zero-order valence-corrected chi connectivity index (χ0v) is 17.7. The number of hydrogen-bond donors (Lipinski definition) is 1. The molecule has 0 spiro atoms. The molecule has 0 saturated carbocycles. The molecule has 5 aromatic rings. The molecule has 5 rings (SSSR count). The van der Waals surface area contributed by atoms with Crippen LogP contribution in [0.2, 0.25) is 0 Å². The number of para-hydroxylation sites is 1. The van der Waals surface area contributed by atoms with Gasteiger partial charge in [-0.05, 0) is 42.0 Å². The van der Waals surface area contributed by atoms with Gasteiger partial charge in [-0.1, -0.05) is 48.2 Å². The first-order valence-electron chi connectivity index (χ1n) is 9.78. The highest BCUT2D eigenvalue weighted by Crippen LogP contribution is 2.32. The summed E-state index contributed by atoms with van der Waals surface area (Å²) in [5, 5.41) is 6.32. The second-order valence-electron chi connectivity index (χ2n) is 7.36. The minimum absolute atomic E-state index is 0.475. The second kappa shape index (κ2) is 7.50. The molecule has 7 heteroatoms. The van der Waals surface area contributed by atoms with Gasteiger partial charge in [-0.25, -0.2) is 9.97 Å². The van der Waals surface area contributed by atoms with E-state index in [4.69, 9.17) is 10.7 Å². The van der Waals surface area contributed by atoms with E-state index in [1.165, 1.54) is 16.7 Å². The van der Waals surface area contributed by atoms with E-state index < -0.39 is 0 Å². The van der Waals surface area contributed by atoms with E-state index in [1.54, 1.807) is 11.8 Å². The smallest absolute Gasteiger partial charge is 0.169 e. The third-order valence-corrected chi connectivity index (χ3v) is 6.07. The third kappa shape index (κ3) is 3.21. The average Bonchev–Trinajstić information content (AvgIpc) is 3.38. The first-order chi connectivity index (χ1) is 14.6. The fourth-order valence-corrected chi connectivity index (χ4v) is 4.48. The summed E-state index contributed by atoms with van der Waals surface area (Å²) < 4.78 is 4.20. The summed E-state index contributed by atoms with van der Waals surface area (Å²) in [5.74, 6) is 0.475. The Hall–Kier alpha value is -3.32. The van der Waals surface area contributed by atoms with Crippen LogP contribution in [0.3, 0.4) is 0 Å². The van der Waals surface area contributed by atoms with Gasteiger partial charge in [0.1, 0.15) is 5.52 Å². The molecule has 0 amide bonds. The molecule has 30 heavy (non-hydrogen) atoms. The molecule has 150 valence electrons. The van der Waals surface area contributed by atoms with Crippen molar-refractivity contribution in [3.63, 3.8) is 0 Å². The van der Waals surface area contributed by atoms with Crippen LogP contribution in [0, 0.1) is 6.92 Å². The Bertz CT molecular complexity index is 1350. The van der Waals surface area contributed by atoms with Crippen molar-refractivity contribution in [1.29, 1.82) is 0 Å². The third-order valence-electron chi connectivity index (χ3n) is 5.40. The van der Waals surface area contributed by atoms with Crippen molar-refractivity contribution < 1.29 is 0 Å². The first kappa shape index (κ1) is 18.7. The fraction of sp³-hybridized carbons (Fsp3) is 0.174. The van der Waals surface area contributed by atoms with Crippen LogP contribution in [0.1, 0.15) is 16.7 Å². The molecule has 0 saturated heterocycles. The van der Waals surface area contributed by atoms with Crippen LogP contribution in [0.5, 0.6) is 0 Å². The fourth-order valence-electron chi connectivity index (χ4n) is 3.93. The van der Waals surface area contributed by atoms with Crippen LogP contribution in [-0.2, 0) is 13.1 Å². The van der Waals surface area contributed by atoms with Crippen LogP contribution in [0.4, 0.5) is 5.82 Å². The quantitative estimate of drug-likeness (QED) is 0.429. The lowest BCUT2D eigenvalue weighted by Crippen LogP contribution is -2.05. The molecule has 0 aliphatic rings. The number of nitrogens with zero attached hydrogens (tertiary/aromatic N) is 5. The highest BCUT2D eigenvalue weighted by molar-refractivity contribution is 7.98. The van der Waals surface area contributed by atoms with Crippen molar-refractivity contribution in [3.05, 3.63) is 77.6 Å². The summed E-state index contributed by atoms with van der Waals surface area (Å²) in [6, 6.07) is 16.7. The average molecular weight is 415 g/mol. The van der Waals surface area contributed by atoms with Crippen LogP contribution < -0.4 is 5.73 Å². The maximum absolute atomic E-state index is 6.26. The molecule has 2 aromatic carbocycles. The van der Waals surface area contributed by atoms with Crippen LogP contribution in [-0.4, -0.2) is 30.6 Å². The summed E-state index contributed by atoms with van der Waals surface area (Å²) in [6.07, 6.45) is 5.84. The Kier molecular flexibility index (Phi) is 4.67. The van der Waals surface area contributed by atoms with Crippen molar-refractivity contribution in [3.8, 4) is 0 Å². The monoisotopic (exact) mass is 414 g/mol. The summed E-state index contributed by atoms with van der Waals surface area (Å²) in [4.78, 5) is 9.34. The molecule has 0 fully saturated rings. The van der Waals surface area contributed by atoms with E-state index in [2.05, 4.69) is 45.8 Å². The van der Waals surface area contributed by atoms with Crippen LogP contribution in [0.15, 0.2) is 66.1 Å². The molecule has 3 aromatic heterocycles. The minimum atomic E-state index is 0.475. The zero-order valence-electron chi connectivity index (χ0n) is 16.9. The Morgan fingerprint density at radius 3 is 2.67 bits per heavy atom. The Morgan fingerprint density at radius 2 is 1.90 bits per heavy atom. The van der Waals surface area contributed by atoms with Gasteiger partial charge in [0, 0.05) is 17.8 Å². The van der Waals surface area contributed by atoms with Crippen molar-refractivity contribution in [1.82, 2.24) is 24.3 Å². The molecule has 0 bridgehead atoms. The van der Waals surface area contributed by atoms with E-state index in [0.717, 1.165) is 40.2 Å². The number of benzene rings is 2. The number of nitrogen functional groups attached to an aromatic ring is 1. The number of thioether (sulfide) groups is 1. The lowest BCUT2D eigenvalue weighted by Gasteiger charge is -2.12. The minimum Gasteiger partial charge on any atom is -0.382 e. The van der Waals surface area contributed by atoms with Crippen molar-refractivity contribution >= 4 is 39.5 Å². The highest BCUT2D eigenvalue weighted by atomic mass is 32.2. The standard InChI is InChI=1S/C23H22N6S/c1-15-12-16(8-9-17(15)14-28-11-5-10-25-28)13-29-21-18-6-3-4-7-19(18)26-22(24)20(21)27-23(29)30-2/h3-12H,13-14H2,1-2H3,(H2,24,26). The lowest BCUT2D eigenvalue weighted by atomic mass is 10.0. The maximum Gasteiger partial charge on any atom is 0.169 e. The Morgan fingerprint density at radius 1 is 1.03 bits per heavy atom. The Labute approximate surface area is 178 Å². The normalized spacial score (nSPS) is 11.5. The molecule has 6 nitrogen and oxygen atoms in total. The number of aryl methyl sites for hydroxylation is 1. The van der Waals surface area contributed by atoms with Gasteiger partial charge >= 0.3 is 0 Å². The van der Waals surface area contributed by atoms with Crippen molar-refractivity contribution in [2.24, 2.45) is 0 Å². The van der Waals surface area contributed by atoms with Gasteiger partial charge in [-0.15, -0.1) is 0 Å². The van der Waals surface area contributed by atoms with Gasteiger partial charge in [0.05, 0.1) is 24.1 Å². The number of nitrogens with two attached hydrogens (primary N) is 1. The molecular weight excluding hydrogens is 392 g/mol. The summed E-state index contributed by atoms with van der Waals surface area (Å²) in [5.41, 5.74) is 12.7. The van der Waals surface area contributed by atoms with Crippen LogP contribution >= 0.6 is 11.8 Å².